The van der Waals surface area contributed by atoms with Crippen molar-refractivity contribution in [1.82, 2.24) is 0 Å². The third-order valence-electron chi connectivity index (χ3n) is 6.56. The Morgan fingerprint density at radius 3 is 2.59 bits per heavy atom. The lowest BCUT2D eigenvalue weighted by atomic mass is 9.99. The summed E-state index contributed by atoms with van der Waals surface area (Å²) in [6.45, 7) is 6.31. The van der Waals surface area contributed by atoms with Crippen molar-refractivity contribution in [2.75, 3.05) is 10.2 Å². The Hall–Kier alpha value is -3.40. The molecule has 1 atom stereocenters. The SMILES string of the molecule is CC(=N)N1C(=N)[C@H](CC(=O)Nc2cc3c(cc2F)COC3)N=C(c2ccc(Cl)cc2)c2c1sc(C)c2C. The minimum Gasteiger partial charge on any atom is -0.372 e. The van der Waals surface area contributed by atoms with Gasteiger partial charge in [-0.05, 0) is 61.7 Å². The van der Waals surface area contributed by atoms with Crippen LogP contribution in [0.5, 0.6) is 0 Å². The van der Waals surface area contributed by atoms with Gasteiger partial charge in [0.15, 0.2) is 0 Å². The zero-order valence-corrected chi connectivity index (χ0v) is 22.1. The highest BCUT2D eigenvalue weighted by Crippen LogP contribution is 2.40. The number of hydrogen-bond donors (Lipinski definition) is 3. The van der Waals surface area contributed by atoms with Gasteiger partial charge in [-0.25, -0.2) is 4.39 Å². The van der Waals surface area contributed by atoms with Gasteiger partial charge in [0.2, 0.25) is 5.91 Å². The van der Waals surface area contributed by atoms with Crippen molar-refractivity contribution >= 4 is 56.9 Å². The van der Waals surface area contributed by atoms with Crippen LogP contribution >= 0.6 is 22.9 Å². The summed E-state index contributed by atoms with van der Waals surface area (Å²) in [5.74, 6) is -0.858. The fourth-order valence-electron chi connectivity index (χ4n) is 4.56. The Balaban J connectivity index is 1.54. The molecule has 3 N–H and O–H groups in total. The number of thiophene rings is 1. The second-order valence-corrected chi connectivity index (χ2v) is 10.8. The molecule has 3 aromatic rings. The molecule has 7 nitrogen and oxygen atoms in total. The van der Waals surface area contributed by atoms with Crippen LogP contribution in [0.4, 0.5) is 15.1 Å². The maximum absolute atomic E-state index is 14.6. The third-order valence-corrected chi connectivity index (χ3v) is 8.00. The molecule has 1 amide bonds. The highest BCUT2D eigenvalue weighted by atomic mass is 35.5. The molecule has 0 saturated carbocycles. The molecule has 0 radical (unpaired) electrons. The third kappa shape index (κ3) is 4.70. The van der Waals surface area contributed by atoms with Crippen molar-refractivity contribution in [1.29, 1.82) is 10.8 Å². The monoisotopic (exact) mass is 537 g/mol. The molecule has 10 heteroatoms. The summed E-state index contributed by atoms with van der Waals surface area (Å²) in [4.78, 5) is 20.6. The van der Waals surface area contributed by atoms with Crippen LogP contribution < -0.4 is 10.2 Å². The Labute approximate surface area is 223 Å². The van der Waals surface area contributed by atoms with Gasteiger partial charge in [0.05, 0.1) is 31.0 Å². The van der Waals surface area contributed by atoms with Crippen molar-refractivity contribution in [2.45, 2.75) is 46.4 Å². The summed E-state index contributed by atoms with van der Waals surface area (Å²) in [7, 11) is 0. The van der Waals surface area contributed by atoms with E-state index in [4.69, 9.17) is 32.1 Å². The predicted molar refractivity (Wildman–Crippen MR) is 146 cm³/mol. The minimum absolute atomic E-state index is 0.0111. The van der Waals surface area contributed by atoms with Crippen LogP contribution in [-0.4, -0.2) is 29.3 Å². The highest BCUT2D eigenvalue weighted by molar-refractivity contribution is 7.17. The largest absolute Gasteiger partial charge is 0.372 e. The Morgan fingerprint density at radius 1 is 1.24 bits per heavy atom. The van der Waals surface area contributed by atoms with Gasteiger partial charge < -0.3 is 10.1 Å². The maximum atomic E-state index is 14.6. The maximum Gasteiger partial charge on any atom is 0.227 e. The highest BCUT2D eigenvalue weighted by Gasteiger charge is 2.35. The first-order valence-electron chi connectivity index (χ1n) is 11.7. The van der Waals surface area contributed by atoms with Gasteiger partial charge in [0.1, 0.15) is 28.5 Å². The first-order chi connectivity index (χ1) is 17.6. The Morgan fingerprint density at radius 2 is 1.92 bits per heavy atom. The van der Waals surface area contributed by atoms with Crippen LogP contribution in [0.1, 0.15) is 46.0 Å². The van der Waals surface area contributed by atoms with Gasteiger partial charge >= 0.3 is 0 Å². The van der Waals surface area contributed by atoms with Crippen molar-refractivity contribution in [2.24, 2.45) is 4.99 Å². The zero-order chi connectivity index (χ0) is 26.4. The summed E-state index contributed by atoms with van der Waals surface area (Å²) in [5.41, 5.74) is 4.92. The zero-order valence-electron chi connectivity index (χ0n) is 20.5. The molecule has 2 aliphatic heterocycles. The van der Waals surface area contributed by atoms with Crippen LogP contribution in [0.2, 0.25) is 5.02 Å². The topological polar surface area (TPSA) is 102 Å². The molecule has 3 heterocycles. The second kappa shape index (κ2) is 9.81. The number of fused-ring (bicyclic) bond motifs is 2. The average Bonchev–Trinajstić information content (AvgIpc) is 3.37. The number of carbonyl (C=O) groups is 1. The number of amidine groups is 2. The van der Waals surface area contributed by atoms with E-state index in [1.54, 1.807) is 25.1 Å². The van der Waals surface area contributed by atoms with E-state index in [0.717, 1.165) is 32.7 Å². The molecule has 5 rings (SSSR count). The number of ether oxygens (including phenoxy) is 1. The molecule has 190 valence electrons. The van der Waals surface area contributed by atoms with Crippen LogP contribution in [0, 0.1) is 30.5 Å². The predicted octanol–water partition coefficient (Wildman–Crippen LogP) is 6.22. The quantitative estimate of drug-likeness (QED) is 0.272. The summed E-state index contributed by atoms with van der Waals surface area (Å²) < 4.78 is 20.0. The number of nitrogens with one attached hydrogen (secondary N) is 3. The number of benzene rings is 2. The molecule has 0 saturated heterocycles. The van der Waals surface area contributed by atoms with Gasteiger partial charge in [-0.3, -0.25) is 25.5 Å². The second-order valence-electron chi connectivity index (χ2n) is 9.12. The van der Waals surface area contributed by atoms with E-state index >= 15 is 0 Å². The average molecular weight is 538 g/mol. The number of rotatable bonds is 4. The number of nitrogens with zero attached hydrogens (tertiary/aromatic N) is 2. The molecular formula is C27H25ClFN5O2S. The molecule has 1 aromatic heterocycles. The molecule has 2 aromatic carbocycles. The van der Waals surface area contributed by atoms with E-state index in [2.05, 4.69) is 5.32 Å². The first kappa shape index (κ1) is 25.3. The summed E-state index contributed by atoms with van der Waals surface area (Å²) in [6.07, 6.45) is -0.195. The van der Waals surface area contributed by atoms with Crippen LogP contribution in [0.25, 0.3) is 0 Å². The van der Waals surface area contributed by atoms with Gasteiger partial charge in [-0.1, -0.05) is 23.7 Å². The number of aryl methyl sites for hydroxylation is 1. The summed E-state index contributed by atoms with van der Waals surface area (Å²) in [6, 6.07) is 9.32. The smallest absolute Gasteiger partial charge is 0.227 e. The number of carbonyl (C=O) groups excluding carboxylic acids is 1. The molecule has 0 spiro atoms. The van der Waals surface area contributed by atoms with Crippen LogP contribution in [0.3, 0.4) is 0 Å². The normalized spacial score (nSPS) is 16.7. The van der Waals surface area contributed by atoms with Crippen molar-refractivity contribution in [3.63, 3.8) is 0 Å². The Bertz CT molecular complexity index is 1480. The standard InChI is InChI=1S/C27H25ClFN5O2S/c1-13-14(2)37-27-24(13)25(16-4-6-19(28)7-5-16)33-22(26(31)34(27)15(3)30)10-23(35)32-21-9-18-12-36-11-17(18)8-20(21)29/h4-9,22,30-31H,10-12H2,1-3H3,(H,32,35)/t22-/m0/s1. The lowest BCUT2D eigenvalue weighted by molar-refractivity contribution is -0.116. The van der Waals surface area contributed by atoms with Gasteiger partial charge in [0, 0.05) is 21.0 Å². The lowest BCUT2D eigenvalue weighted by Gasteiger charge is -2.24. The minimum atomic E-state index is -0.897. The molecule has 37 heavy (non-hydrogen) atoms. The van der Waals surface area contributed by atoms with Crippen molar-refractivity contribution < 1.29 is 13.9 Å². The van der Waals surface area contributed by atoms with Crippen LogP contribution in [0.15, 0.2) is 41.4 Å². The van der Waals surface area contributed by atoms with E-state index in [1.165, 1.54) is 22.3 Å². The van der Waals surface area contributed by atoms with Crippen molar-refractivity contribution in [3.8, 4) is 0 Å². The lowest BCUT2D eigenvalue weighted by Crippen LogP contribution is -2.41. The molecular weight excluding hydrogens is 513 g/mol. The molecule has 0 bridgehead atoms. The molecule has 0 aliphatic carbocycles. The number of amides is 1. The summed E-state index contributed by atoms with van der Waals surface area (Å²) >= 11 is 7.61. The van der Waals surface area contributed by atoms with Crippen LogP contribution in [-0.2, 0) is 22.7 Å². The van der Waals surface area contributed by atoms with E-state index < -0.39 is 17.8 Å². The number of halogens is 2. The Kier molecular flexibility index (Phi) is 6.70. The fourth-order valence-corrected chi connectivity index (χ4v) is 5.91. The van der Waals surface area contributed by atoms with Gasteiger partial charge in [-0.15, -0.1) is 11.3 Å². The molecule has 0 unspecified atom stereocenters. The number of hydrogen-bond acceptors (Lipinski definition) is 6. The van der Waals surface area contributed by atoms with Crippen molar-refractivity contribution in [3.05, 3.63) is 79.9 Å². The molecule has 0 fully saturated rings. The number of anilines is 2. The van der Waals surface area contributed by atoms with Gasteiger partial charge in [0.25, 0.3) is 0 Å². The van der Waals surface area contributed by atoms with E-state index in [9.17, 15) is 9.18 Å². The van der Waals surface area contributed by atoms with E-state index in [-0.39, 0.29) is 23.8 Å². The van der Waals surface area contributed by atoms with E-state index in [1.807, 2.05) is 26.0 Å². The first-order valence-corrected chi connectivity index (χ1v) is 12.9. The molecule has 2 aliphatic rings. The van der Waals surface area contributed by atoms with Gasteiger partial charge in [-0.2, -0.15) is 0 Å². The van der Waals surface area contributed by atoms with E-state index in [0.29, 0.717) is 28.9 Å². The summed E-state index contributed by atoms with van der Waals surface area (Å²) in [5, 5.41) is 21.4. The fraction of sp³-hybridized carbons (Fsp3) is 0.259. The number of aliphatic imine (C=N–C) groups is 1.